The highest BCUT2D eigenvalue weighted by Crippen LogP contribution is 2.01. The molecule has 24 heavy (non-hydrogen) atoms. The minimum absolute atomic E-state index is 0.0209. The number of rotatable bonds is 12. The zero-order chi connectivity index (χ0) is 19.1. The van der Waals surface area contributed by atoms with Gasteiger partial charge in [-0.05, 0) is 25.7 Å². The molecule has 0 amide bonds. The van der Waals surface area contributed by atoms with Gasteiger partial charge in [0.1, 0.15) is 0 Å². The molecular weight excluding hydrogens is 328 g/mol. The van der Waals surface area contributed by atoms with E-state index in [1.54, 1.807) is 0 Å². The van der Waals surface area contributed by atoms with Crippen LogP contribution in [0.5, 0.6) is 0 Å². The van der Waals surface area contributed by atoms with Crippen LogP contribution in [0.2, 0.25) is 0 Å². The van der Waals surface area contributed by atoms with Gasteiger partial charge in [-0.3, -0.25) is 19.2 Å². The van der Waals surface area contributed by atoms with E-state index in [2.05, 4.69) is 0 Å². The van der Waals surface area contributed by atoms with E-state index in [1.807, 2.05) is 0 Å². The van der Waals surface area contributed by atoms with Crippen molar-refractivity contribution in [3.8, 4) is 0 Å². The van der Waals surface area contributed by atoms with Crippen LogP contribution in [0, 0.1) is 0 Å². The molecule has 10 heteroatoms. The largest absolute Gasteiger partial charge is 0.481 e. The van der Waals surface area contributed by atoms with Crippen molar-refractivity contribution in [1.82, 2.24) is 0 Å². The Kier molecular flexibility index (Phi) is 13.6. The molecule has 0 saturated carbocycles. The molecule has 0 unspecified atom stereocenters. The molecule has 4 N–H and O–H groups in total. The fourth-order valence-electron chi connectivity index (χ4n) is 1.34. The standard InChI is InChI=1S/2C7H10O5/c2*8-5(7(11)12)3-1-2-4-6(9)10/h2*1-4H2,(H,9,10)(H,11,12). The molecule has 0 saturated heterocycles. The summed E-state index contributed by atoms with van der Waals surface area (Å²) >= 11 is 0. The smallest absolute Gasteiger partial charge is 0.372 e. The van der Waals surface area contributed by atoms with Crippen LogP contribution in [-0.4, -0.2) is 55.9 Å². The van der Waals surface area contributed by atoms with Gasteiger partial charge >= 0.3 is 23.9 Å². The molecule has 0 rings (SSSR count). The Hall–Kier alpha value is -2.78. The maximum atomic E-state index is 10.4. The minimum atomic E-state index is -1.45. The SMILES string of the molecule is O=C(O)CCCCC(=O)C(=O)O.O=C(O)CCCCC(=O)C(=O)O. The Morgan fingerprint density at radius 1 is 0.458 bits per heavy atom. The number of hydrogen-bond acceptors (Lipinski definition) is 6. The highest BCUT2D eigenvalue weighted by Gasteiger charge is 2.11. The predicted molar refractivity (Wildman–Crippen MR) is 77.5 cm³/mol. The number of carboxylic acids is 4. The van der Waals surface area contributed by atoms with Crippen molar-refractivity contribution in [1.29, 1.82) is 0 Å². The number of aliphatic carboxylic acids is 4. The van der Waals surface area contributed by atoms with Crippen molar-refractivity contribution in [3.05, 3.63) is 0 Å². The highest BCUT2D eigenvalue weighted by atomic mass is 16.4. The lowest BCUT2D eigenvalue weighted by Crippen LogP contribution is -2.11. The molecule has 0 atom stereocenters. The van der Waals surface area contributed by atoms with Crippen LogP contribution in [0.4, 0.5) is 0 Å². The second-order valence-corrected chi connectivity index (χ2v) is 4.66. The first kappa shape index (κ1) is 23.5. The topological polar surface area (TPSA) is 183 Å². The number of carbonyl (C=O) groups is 6. The molecule has 0 aliphatic heterocycles. The first-order valence-corrected chi connectivity index (χ1v) is 7.03. The monoisotopic (exact) mass is 348 g/mol. The van der Waals surface area contributed by atoms with E-state index in [9.17, 15) is 28.8 Å². The maximum Gasteiger partial charge on any atom is 0.372 e. The van der Waals surface area contributed by atoms with Crippen molar-refractivity contribution in [2.45, 2.75) is 51.4 Å². The van der Waals surface area contributed by atoms with E-state index in [0.29, 0.717) is 25.7 Å². The van der Waals surface area contributed by atoms with Gasteiger partial charge in [0, 0.05) is 25.7 Å². The molecule has 0 aromatic rings. The fourth-order valence-corrected chi connectivity index (χ4v) is 1.34. The highest BCUT2D eigenvalue weighted by molar-refractivity contribution is 6.32. The zero-order valence-electron chi connectivity index (χ0n) is 12.9. The average molecular weight is 348 g/mol. The second-order valence-electron chi connectivity index (χ2n) is 4.66. The number of Topliss-reactive ketones (excluding diaryl/α,β-unsaturated/α-hetero) is 2. The quantitative estimate of drug-likeness (QED) is 0.287. The Labute approximate surface area is 137 Å². The van der Waals surface area contributed by atoms with Crippen molar-refractivity contribution in [3.63, 3.8) is 0 Å². The lowest BCUT2D eigenvalue weighted by molar-refractivity contribution is -0.149. The van der Waals surface area contributed by atoms with Gasteiger partial charge < -0.3 is 20.4 Å². The molecule has 0 heterocycles. The van der Waals surface area contributed by atoms with Crippen molar-refractivity contribution in [2.24, 2.45) is 0 Å². The van der Waals surface area contributed by atoms with Crippen LogP contribution >= 0.6 is 0 Å². The number of unbranched alkanes of at least 4 members (excludes halogenated alkanes) is 2. The molecule has 0 aliphatic rings. The molecule has 0 fully saturated rings. The van der Waals surface area contributed by atoms with Gasteiger partial charge in [0.25, 0.3) is 0 Å². The third-order valence-corrected chi connectivity index (χ3v) is 2.57. The van der Waals surface area contributed by atoms with Gasteiger partial charge in [0.2, 0.25) is 11.6 Å². The number of carboxylic acid groups (broad SMARTS) is 4. The van der Waals surface area contributed by atoms with Crippen LogP contribution in [0.15, 0.2) is 0 Å². The van der Waals surface area contributed by atoms with Crippen LogP contribution < -0.4 is 0 Å². The number of hydrogen-bond donors (Lipinski definition) is 4. The minimum Gasteiger partial charge on any atom is -0.481 e. The van der Waals surface area contributed by atoms with Gasteiger partial charge in [-0.2, -0.15) is 0 Å². The lowest BCUT2D eigenvalue weighted by Gasteiger charge is -1.94. The van der Waals surface area contributed by atoms with E-state index in [-0.39, 0.29) is 25.7 Å². The van der Waals surface area contributed by atoms with Gasteiger partial charge in [0.05, 0.1) is 0 Å². The summed E-state index contributed by atoms with van der Waals surface area (Å²) in [6, 6.07) is 0. The molecule has 10 nitrogen and oxygen atoms in total. The molecule has 0 bridgehead atoms. The van der Waals surface area contributed by atoms with Gasteiger partial charge in [-0.15, -0.1) is 0 Å². The van der Waals surface area contributed by atoms with E-state index >= 15 is 0 Å². The molecule has 0 radical (unpaired) electrons. The van der Waals surface area contributed by atoms with Gasteiger partial charge in [-0.25, -0.2) is 9.59 Å². The summed E-state index contributed by atoms with van der Waals surface area (Å²) in [6.45, 7) is 0. The fraction of sp³-hybridized carbons (Fsp3) is 0.571. The average Bonchev–Trinajstić information content (AvgIpc) is 2.47. The third kappa shape index (κ3) is 17.3. The Bertz CT molecular complexity index is 436. The van der Waals surface area contributed by atoms with Crippen LogP contribution in [0.3, 0.4) is 0 Å². The summed E-state index contributed by atoms with van der Waals surface area (Å²) in [7, 11) is 0. The number of ketones is 2. The Balaban J connectivity index is 0. The summed E-state index contributed by atoms with van der Waals surface area (Å²) in [5, 5.41) is 32.6. The molecule has 0 aromatic heterocycles. The first-order valence-electron chi connectivity index (χ1n) is 7.03. The summed E-state index contributed by atoms with van der Waals surface area (Å²) in [5.74, 6) is -6.49. The van der Waals surface area contributed by atoms with E-state index in [4.69, 9.17) is 20.4 Å². The van der Waals surface area contributed by atoms with Crippen molar-refractivity contribution >= 4 is 35.4 Å². The molecule has 0 spiro atoms. The van der Waals surface area contributed by atoms with E-state index in [0.717, 1.165) is 0 Å². The summed E-state index contributed by atoms with van der Waals surface area (Å²) in [5.41, 5.74) is 0. The molecule has 0 aromatic carbocycles. The van der Waals surface area contributed by atoms with Crippen molar-refractivity contribution in [2.75, 3.05) is 0 Å². The van der Waals surface area contributed by atoms with Gasteiger partial charge in [0.15, 0.2) is 0 Å². The van der Waals surface area contributed by atoms with Gasteiger partial charge in [-0.1, -0.05) is 0 Å². The first-order chi connectivity index (χ1) is 11.1. The van der Waals surface area contributed by atoms with Crippen LogP contribution in [0.25, 0.3) is 0 Å². The molecule has 136 valence electrons. The summed E-state index contributed by atoms with van der Waals surface area (Å²) in [4.78, 5) is 60.8. The molecule has 0 aliphatic carbocycles. The van der Waals surface area contributed by atoms with E-state index in [1.165, 1.54) is 0 Å². The Morgan fingerprint density at radius 2 is 0.708 bits per heavy atom. The summed E-state index contributed by atoms with van der Waals surface area (Å²) < 4.78 is 0. The summed E-state index contributed by atoms with van der Waals surface area (Å²) in [6.07, 6.45) is 1.11. The Morgan fingerprint density at radius 3 is 0.917 bits per heavy atom. The van der Waals surface area contributed by atoms with Crippen molar-refractivity contribution < 1.29 is 49.2 Å². The second kappa shape index (κ2) is 13.9. The van der Waals surface area contributed by atoms with Crippen LogP contribution in [-0.2, 0) is 28.8 Å². The maximum absolute atomic E-state index is 10.4. The molecular formula is C14H20O10. The normalized spacial score (nSPS) is 9.33. The number of carbonyl (C=O) groups excluding carboxylic acids is 2. The lowest BCUT2D eigenvalue weighted by atomic mass is 10.1. The zero-order valence-corrected chi connectivity index (χ0v) is 12.9. The third-order valence-electron chi connectivity index (χ3n) is 2.57. The van der Waals surface area contributed by atoms with E-state index < -0.39 is 35.4 Å². The van der Waals surface area contributed by atoms with Crippen LogP contribution in [0.1, 0.15) is 51.4 Å². The predicted octanol–water partition coefficient (Wildman–Crippen LogP) is 0.570.